The number of pyridine rings is 1. The zero-order valence-electron chi connectivity index (χ0n) is 8.53. The van der Waals surface area contributed by atoms with E-state index in [1.807, 2.05) is 16.7 Å². The first kappa shape index (κ1) is 10.1. The number of hydrogen-bond donors (Lipinski definition) is 1. The molecule has 1 aromatic carbocycles. The van der Waals surface area contributed by atoms with Gasteiger partial charge in [-0.3, -0.25) is 4.79 Å². The van der Waals surface area contributed by atoms with Crippen LogP contribution in [0, 0.1) is 0 Å². The minimum absolute atomic E-state index is 0.00838. The second kappa shape index (κ2) is 3.43. The highest BCUT2D eigenvalue weighted by atomic mass is 79.9. The molecule has 0 fully saturated rings. The van der Waals surface area contributed by atoms with Crippen molar-refractivity contribution >= 4 is 26.8 Å². The molecule has 0 atom stereocenters. The first-order chi connectivity index (χ1) is 7.72. The number of benzene rings is 1. The Kier molecular flexibility index (Phi) is 2.16. The van der Waals surface area contributed by atoms with Gasteiger partial charge in [-0.15, -0.1) is 0 Å². The molecule has 0 aliphatic carbocycles. The van der Waals surface area contributed by atoms with Crippen LogP contribution in [0.15, 0.2) is 27.5 Å². The van der Waals surface area contributed by atoms with Crippen molar-refractivity contribution in [1.82, 2.24) is 4.57 Å². The van der Waals surface area contributed by atoms with E-state index in [-0.39, 0.29) is 12.0 Å². The summed E-state index contributed by atoms with van der Waals surface area (Å²) in [6, 6.07) is 5.30. The van der Waals surface area contributed by atoms with Crippen LogP contribution in [0.4, 0.5) is 0 Å². The predicted octanol–water partition coefficient (Wildman–Crippen LogP) is 1.81. The van der Waals surface area contributed by atoms with Crippen molar-refractivity contribution in [2.24, 2.45) is 0 Å². The number of hydrogen-bond acceptors (Lipinski definition) is 2. The van der Waals surface area contributed by atoms with Crippen LogP contribution >= 0.6 is 15.9 Å². The monoisotopic (exact) mass is 279 g/mol. The SMILES string of the molecule is O=c1cc(CO)n2c3c(c(Br)ccc13)CC2. The Morgan fingerprint density at radius 1 is 1.44 bits per heavy atom. The minimum Gasteiger partial charge on any atom is -0.390 e. The van der Waals surface area contributed by atoms with Gasteiger partial charge in [0.25, 0.3) is 0 Å². The highest BCUT2D eigenvalue weighted by Gasteiger charge is 2.19. The Morgan fingerprint density at radius 3 is 3.00 bits per heavy atom. The molecule has 3 nitrogen and oxygen atoms in total. The van der Waals surface area contributed by atoms with E-state index in [0.717, 1.165) is 28.3 Å². The molecule has 0 spiro atoms. The molecular formula is C12H10BrNO2. The fourth-order valence-corrected chi connectivity index (χ4v) is 2.94. The molecule has 3 rings (SSSR count). The normalized spacial score (nSPS) is 13.6. The van der Waals surface area contributed by atoms with Gasteiger partial charge in [-0.05, 0) is 24.1 Å². The van der Waals surface area contributed by atoms with Gasteiger partial charge in [0.15, 0.2) is 5.43 Å². The molecule has 1 aliphatic rings. The van der Waals surface area contributed by atoms with Crippen molar-refractivity contribution in [3.05, 3.63) is 44.2 Å². The molecule has 2 heterocycles. The molecule has 16 heavy (non-hydrogen) atoms. The number of aromatic nitrogens is 1. The number of aryl methyl sites for hydroxylation is 2. The molecule has 1 N–H and O–H groups in total. The Morgan fingerprint density at radius 2 is 2.25 bits per heavy atom. The first-order valence-corrected chi connectivity index (χ1v) is 5.96. The lowest BCUT2D eigenvalue weighted by Gasteiger charge is -2.09. The molecular weight excluding hydrogens is 270 g/mol. The zero-order valence-corrected chi connectivity index (χ0v) is 10.1. The highest BCUT2D eigenvalue weighted by Crippen LogP contribution is 2.31. The molecule has 0 saturated carbocycles. The van der Waals surface area contributed by atoms with E-state index in [2.05, 4.69) is 15.9 Å². The Bertz CT molecular complexity index is 645. The van der Waals surface area contributed by atoms with Gasteiger partial charge in [-0.2, -0.15) is 0 Å². The number of rotatable bonds is 1. The molecule has 0 saturated heterocycles. The van der Waals surface area contributed by atoms with E-state index < -0.39 is 0 Å². The minimum atomic E-state index is -0.0862. The molecule has 1 aromatic heterocycles. The van der Waals surface area contributed by atoms with Crippen LogP contribution in [0.1, 0.15) is 11.3 Å². The molecule has 0 unspecified atom stereocenters. The summed E-state index contributed by atoms with van der Waals surface area (Å²) in [7, 11) is 0. The highest BCUT2D eigenvalue weighted by molar-refractivity contribution is 9.10. The average Bonchev–Trinajstić information content (AvgIpc) is 2.71. The van der Waals surface area contributed by atoms with Crippen LogP contribution in [0.25, 0.3) is 10.9 Å². The first-order valence-electron chi connectivity index (χ1n) is 5.17. The van der Waals surface area contributed by atoms with E-state index >= 15 is 0 Å². The molecule has 0 amide bonds. The maximum absolute atomic E-state index is 11.9. The van der Waals surface area contributed by atoms with E-state index in [1.54, 1.807) is 0 Å². The van der Waals surface area contributed by atoms with Crippen LogP contribution in [-0.4, -0.2) is 9.67 Å². The van der Waals surface area contributed by atoms with E-state index in [0.29, 0.717) is 5.69 Å². The lowest BCUT2D eigenvalue weighted by atomic mass is 10.1. The third-order valence-electron chi connectivity index (χ3n) is 3.15. The van der Waals surface area contributed by atoms with Gasteiger partial charge in [-0.25, -0.2) is 0 Å². The van der Waals surface area contributed by atoms with Gasteiger partial charge in [0.05, 0.1) is 12.1 Å². The number of aliphatic hydroxyl groups is 1. The Hall–Kier alpha value is -1.13. The molecule has 4 heteroatoms. The topological polar surface area (TPSA) is 42.2 Å². The number of halogens is 1. The van der Waals surface area contributed by atoms with E-state index in [9.17, 15) is 9.90 Å². The maximum atomic E-state index is 11.9. The van der Waals surface area contributed by atoms with Gasteiger partial charge in [0.1, 0.15) is 0 Å². The third-order valence-corrected chi connectivity index (χ3v) is 3.90. The molecule has 82 valence electrons. The fraction of sp³-hybridized carbons (Fsp3) is 0.250. The third kappa shape index (κ3) is 1.20. The zero-order chi connectivity index (χ0) is 11.3. The number of aliphatic hydroxyl groups excluding tert-OH is 1. The summed E-state index contributed by atoms with van der Waals surface area (Å²) >= 11 is 3.50. The van der Waals surface area contributed by atoms with Gasteiger partial charge >= 0.3 is 0 Å². The lowest BCUT2D eigenvalue weighted by Crippen LogP contribution is -2.11. The summed E-state index contributed by atoms with van der Waals surface area (Å²) in [5.41, 5.74) is 2.84. The largest absolute Gasteiger partial charge is 0.390 e. The van der Waals surface area contributed by atoms with Crippen LogP contribution in [0.3, 0.4) is 0 Å². The second-order valence-corrected chi connectivity index (χ2v) is 4.84. The standard InChI is InChI=1S/C12H10BrNO2/c13-10-2-1-9-11(16)5-7(6-15)14-4-3-8(10)12(9)14/h1-2,5,15H,3-4,6H2. The summed E-state index contributed by atoms with van der Waals surface area (Å²) in [5.74, 6) is 0. The van der Waals surface area contributed by atoms with Gasteiger partial charge < -0.3 is 9.67 Å². The van der Waals surface area contributed by atoms with Crippen LogP contribution in [-0.2, 0) is 19.6 Å². The van der Waals surface area contributed by atoms with Crippen molar-refractivity contribution < 1.29 is 5.11 Å². The van der Waals surface area contributed by atoms with E-state index in [4.69, 9.17) is 0 Å². The smallest absolute Gasteiger partial charge is 0.189 e. The van der Waals surface area contributed by atoms with Crippen molar-refractivity contribution in [2.45, 2.75) is 19.6 Å². The van der Waals surface area contributed by atoms with Crippen LogP contribution in [0.2, 0.25) is 0 Å². The average molecular weight is 280 g/mol. The predicted molar refractivity (Wildman–Crippen MR) is 65.5 cm³/mol. The van der Waals surface area contributed by atoms with Crippen molar-refractivity contribution in [3.8, 4) is 0 Å². The summed E-state index contributed by atoms with van der Waals surface area (Å²) in [6.45, 7) is 0.752. The molecule has 1 aliphatic heterocycles. The van der Waals surface area contributed by atoms with Gasteiger partial charge in [0.2, 0.25) is 0 Å². The summed E-state index contributed by atoms with van der Waals surface area (Å²) in [6.07, 6.45) is 0.911. The maximum Gasteiger partial charge on any atom is 0.189 e. The van der Waals surface area contributed by atoms with Gasteiger partial charge in [-0.1, -0.05) is 15.9 Å². The summed E-state index contributed by atoms with van der Waals surface area (Å²) in [5, 5.41) is 10.00. The van der Waals surface area contributed by atoms with Crippen molar-refractivity contribution in [3.63, 3.8) is 0 Å². The molecule has 0 bridgehead atoms. The Balaban J connectivity index is 2.56. The van der Waals surface area contributed by atoms with Crippen LogP contribution < -0.4 is 5.43 Å². The second-order valence-electron chi connectivity index (χ2n) is 3.98. The lowest BCUT2D eigenvalue weighted by molar-refractivity contribution is 0.271. The summed E-state index contributed by atoms with van der Waals surface area (Å²) < 4.78 is 3.08. The summed E-state index contributed by atoms with van der Waals surface area (Å²) in [4.78, 5) is 11.9. The van der Waals surface area contributed by atoms with Gasteiger partial charge in [0, 0.05) is 28.2 Å². The van der Waals surface area contributed by atoms with E-state index in [1.165, 1.54) is 11.6 Å². The van der Waals surface area contributed by atoms with Crippen LogP contribution in [0.5, 0.6) is 0 Å². The molecule has 2 aromatic rings. The fourth-order valence-electron chi connectivity index (χ4n) is 2.42. The van der Waals surface area contributed by atoms with Crippen molar-refractivity contribution in [1.29, 1.82) is 0 Å². The van der Waals surface area contributed by atoms with Crippen molar-refractivity contribution in [2.75, 3.05) is 0 Å². The quantitative estimate of drug-likeness (QED) is 0.865. The Labute approximate surface area is 100 Å². The number of nitrogens with zero attached hydrogens (tertiary/aromatic N) is 1. The molecule has 0 radical (unpaired) electrons.